The van der Waals surface area contributed by atoms with Crippen molar-refractivity contribution in [2.24, 2.45) is 0 Å². The van der Waals surface area contributed by atoms with Gasteiger partial charge in [-0.05, 0) is 11.6 Å². The second-order valence-electron chi connectivity index (χ2n) is 3.57. The molecular weight excluding hydrogens is 200 g/mol. The molecule has 0 radical (unpaired) electrons. The van der Waals surface area contributed by atoms with Crippen LogP contribution in [-0.2, 0) is 0 Å². The monoisotopic (exact) mass is 210 g/mol. The Hall–Kier alpha value is -2.29. The average molecular weight is 210 g/mol. The van der Waals surface area contributed by atoms with E-state index in [4.69, 9.17) is 10.2 Å². The third-order valence-electron chi connectivity index (χ3n) is 2.52. The fourth-order valence-electron chi connectivity index (χ4n) is 1.82. The summed E-state index contributed by atoms with van der Waals surface area (Å²) in [6, 6.07) is 16.1. The molecule has 3 nitrogen and oxygen atoms in total. The Morgan fingerprint density at radius 1 is 0.938 bits per heavy atom. The molecule has 3 aromatic rings. The Morgan fingerprint density at radius 2 is 1.75 bits per heavy atom. The number of aromatic nitrogens is 1. The number of oxazole rings is 1. The normalized spacial score (nSPS) is 10.8. The third kappa shape index (κ3) is 1.34. The summed E-state index contributed by atoms with van der Waals surface area (Å²) in [5, 5.41) is 0. The van der Waals surface area contributed by atoms with Crippen molar-refractivity contribution in [2.45, 2.75) is 0 Å². The highest BCUT2D eigenvalue weighted by Gasteiger charge is 2.08. The minimum absolute atomic E-state index is 0.207. The van der Waals surface area contributed by atoms with Crippen molar-refractivity contribution in [1.82, 2.24) is 4.98 Å². The number of nitrogens with two attached hydrogens (primary N) is 1. The maximum Gasteiger partial charge on any atom is 0.293 e. The van der Waals surface area contributed by atoms with E-state index in [1.807, 2.05) is 48.5 Å². The van der Waals surface area contributed by atoms with Gasteiger partial charge < -0.3 is 10.2 Å². The molecule has 16 heavy (non-hydrogen) atoms. The number of nitrogens with zero attached hydrogens (tertiary/aromatic N) is 1. The lowest BCUT2D eigenvalue weighted by Crippen LogP contribution is -1.82. The molecule has 1 aromatic heterocycles. The number of benzene rings is 2. The summed E-state index contributed by atoms with van der Waals surface area (Å²) in [6.45, 7) is 0. The van der Waals surface area contributed by atoms with Gasteiger partial charge in [0.25, 0.3) is 6.01 Å². The molecule has 3 heteroatoms. The average Bonchev–Trinajstić information content (AvgIpc) is 2.70. The molecule has 0 atom stereocenters. The van der Waals surface area contributed by atoms with E-state index in [9.17, 15) is 0 Å². The molecule has 3 rings (SSSR count). The van der Waals surface area contributed by atoms with Crippen LogP contribution in [0.1, 0.15) is 0 Å². The van der Waals surface area contributed by atoms with Crippen LogP contribution < -0.4 is 5.73 Å². The van der Waals surface area contributed by atoms with Crippen LogP contribution in [0.15, 0.2) is 52.9 Å². The number of hydrogen-bond donors (Lipinski definition) is 1. The topological polar surface area (TPSA) is 52.0 Å². The number of rotatable bonds is 1. The standard InChI is InChI=1S/C13H10N2O/c14-13-15-12-10(7-4-8-11(12)16-13)9-5-2-1-3-6-9/h1-8H,(H2,14,15). The van der Waals surface area contributed by atoms with Crippen molar-refractivity contribution < 1.29 is 4.42 Å². The van der Waals surface area contributed by atoms with Crippen molar-refractivity contribution >= 4 is 17.1 Å². The largest absolute Gasteiger partial charge is 0.424 e. The van der Waals surface area contributed by atoms with Gasteiger partial charge in [0.2, 0.25) is 0 Å². The lowest BCUT2D eigenvalue weighted by Gasteiger charge is -2.00. The van der Waals surface area contributed by atoms with Crippen LogP contribution in [0.5, 0.6) is 0 Å². The van der Waals surface area contributed by atoms with Gasteiger partial charge in [-0.25, -0.2) is 0 Å². The van der Waals surface area contributed by atoms with Gasteiger partial charge in [0.05, 0.1) is 0 Å². The van der Waals surface area contributed by atoms with Crippen LogP contribution in [0.25, 0.3) is 22.2 Å². The lowest BCUT2D eigenvalue weighted by atomic mass is 10.0. The summed E-state index contributed by atoms with van der Waals surface area (Å²) < 4.78 is 5.30. The molecule has 0 bridgehead atoms. The number of nitrogen functional groups attached to an aromatic ring is 1. The Labute approximate surface area is 92.5 Å². The van der Waals surface area contributed by atoms with Crippen molar-refractivity contribution in [3.63, 3.8) is 0 Å². The Kier molecular flexibility index (Phi) is 1.90. The van der Waals surface area contributed by atoms with Crippen LogP contribution in [0.3, 0.4) is 0 Å². The zero-order valence-electron chi connectivity index (χ0n) is 8.55. The Morgan fingerprint density at radius 3 is 2.56 bits per heavy atom. The maximum absolute atomic E-state index is 5.56. The summed E-state index contributed by atoms with van der Waals surface area (Å²) in [4.78, 5) is 4.20. The molecule has 0 aliphatic heterocycles. The summed E-state index contributed by atoms with van der Waals surface area (Å²) in [5.74, 6) is 0. The van der Waals surface area contributed by atoms with E-state index in [-0.39, 0.29) is 6.01 Å². The molecule has 0 unspecified atom stereocenters. The quantitative estimate of drug-likeness (QED) is 0.671. The summed E-state index contributed by atoms with van der Waals surface area (Å²) in [5.41, 5.74) is 9.24. The van der Waals surface area contributed by atoms with E-state index in [1.165, 1.54) is 0 Å². The van der Waals surface area contributed by atoms with Crippen LogP contribution in [-0.4, -0.2) is 4.98 Å². The molecular formula is C13H10N2O. The highest BCUT2D eigenvalue weighted by molar-refractivity contribution is 5.91. The van der Waals surface area contributed by atoms with E-state index in [0.717, 1.165) is 22.2 Å². The van der Waals surface area contributed by atoms with Gasteiger partial charge >= 0.3 is 0 Å². The molecule has 2 aromatic carbocycles. The first kappa shape index (κ1) is 8.97. The first-order chi connectivity index (χ1) is 7.84. The Bertz CT molecular complexity index is 629. The fraction of sp³-hybridized carbons (Fsp3) is 0. The second kappa shape index (κ2) is 3.38. The first-order valence-corrected chi connectivity index (χ1v) is 5.05. The predicted molar refractivity (Wildman–Crippen MR) is 63.9 cm³/mol. The van der Waals surface area contributed by atoms with E-state index < -0.39 is 0 Å². The number of anilines is 1. The third-order valence-corrected chi connectivity index (χ3v) is 2.52. The molecule has 0 saturated heterocycles. The minimum Gasteiger partial charge on any atom is -0.424 e. The van der Waals surface area contributed by atoms with E-state index in [1.54, 1.807) is 0 Å². The molecule has 0 amide bonds. The fourth-order valence-corrected chi connectivity index (χ4v) is 1.82. The minimum atomic E-state index is 0.207. The van der Waals surface area contributed by atoms with Crippen LogP contribution in [0, 0.1) is 0 Å². The van der Waals surface area contributed by atoms with Crippen LogP contribution >= 0.6 is 0 Å². The van der Waals surface area contributed by atoms with Gasteiger partial charge in [-0.3, -0.25) is 0 Å². The highest BCUT2D eigenvalue weighted by Crippen LogP contribution is 2.28. The molecule has 0 saturated carbocycles. The van der Waals surface area contributed by atoms with Crippen LogP contribution in [0.2, 0.25) is 0 Å². The second-order valence-corrected chi connectivity index (χ2v) is 3.57. The summed E-state index contributed by atoms with van der Waals surface area (Å²) in [6.07, 6.45) is 0. The highest BCUT2D eigenvalue weighted by atomic mass is 16.4. The van der Waals surface area contributed by atoms with Crippen molar-refractivity contribution in [1.29, 1.82) is 0 Å². The Balaban J connectivity index is 2.31. The van der Waals surface area contributed by atoms with Gasteiger partial charge in [0.15, 0.2) is 5.58 Å². The summed E-state index contributed by atoms with van der Waals surface area (Å²) >= 11 is 0. The molecule has 0 fully saturated rings. The molecule has 0 spiro atoms. The van der Waals surface area contributed by atoms with Crippen molar-refractivity contribution in [3.05, 3.63) is 48.5 Å². The van der Waals surface area contributed by atoms with E-state index in [2.05, 4.69) is 4.98 Å². The zero-order chi connectivity index (χ0) is 11.0. The van der Waals surface area contributed by atoms with Crippen LogP contribution in [0.4, 0.5) is 6.01 Å². The SMILES string of the molecule is Nc1nc2c(-c3ccccc3)cccc2o1. The van der Waals surface area contributed by atoms with Gasteiger partial charge in [0.1, 0.15) is 5.52 Å². The van der Waals surface area contributed by atoms with Gasteiger partial charge in [0, 0.05) is 5.56 Å². The zero-order valence-corrected chi connectivity index (χ0v) is 8.55. The van der Waals surface area contributed by atoms with Crippen molar-refractivity contribution in [2.75, 3.05) is 5.73 Å². The number of hydrogen-bond acceptors (Lipinski definition) is 3. The molecule has 78 valence electrons. The first-order valence-electron chi connectivity index (χ1n) is 5.05. The number of para-hydroxylation sites is 1. The predicted octanol–water partition coefficient (Wildman–Crippen LogP) is 3.08. The smallest absolute Gasteiger partial charge is 0.293 e. The number of fused-ring (bicyclic) bond motifs is 1. The summed E-state index contributed by atoms with van der Waals surface area (Å²) in [7, 11) is 0. The molecule has 0 aliphatic carbocycles. The van der Waals surface area contributed by atoms with Crippen molar-refractivity contribution in [3.8, 4) is 11.1 Å². The van der Waals surface area contributed by atoms with Gasteiger partial charge in [-0.1, -0.05) is 42.5 Å². The molecule has 1 heterocycles. The maximum atomic E-state index is 5.56. The van der Waals surface area contributed by atoms with Gasteiger partial charge in [-0.15, -0.1) is 0 Å². The molecule has 2 N–H and O–H groups in total. The van der Waals surface area contributed by atoms with E-state index in [0.29, 0.717) is 0 Å². The van der Waals surface area contributed by atoms with E-state index >= 15 is 0 Å². The molecule has 0 aliphatic rings. The van der Waals surface area contributed by atoms with Gasteiger partial charge in [-0.2, -0.15) is 4.98 Å². The lowest BCUT2D eigenvalue weighted by molar-refractivity contribution is 0.626.